The minimum absolute atomic E-state index is 0.0820. The number of hydrogen-bond donors (Lipinski definition) is 5. The third-order valence-corrected chi connectivity index (χ3v) is 6.60. The highest BCUT2D eigenvalue weighted by molar-refractivity contribution is 5.41. The third kappa shape index (κ3) is 5.02. The fourth-order valence-electron chi connectivity index (χ4n) is 5.63. The van der Waals surface area contributed by atoms with Crippen LogP contribution in [0, 0.1) is 0 Å². The van der Waals surface area contributed by atoms with Gasteiger partial charge >= 0.3 is 0 Å². The smallest absolute Gasteiger partial charge is 0.229 e. The molecule has 1 aromatic heterocycles. The summed E-state index contributed by atoms with van der Waals surface area (Å²) in [7, 11) is 0. The highest BCUT2D eigenvalue weighted by Gasteiger charge is 2.46. The zero-order chi connectivity index (χ0) is 23.4. The van der Waals surface area contributed by atoms with Gasteiger partial charge in [-0.15, -0.1) is 0 Å². The Balaban J connectivity index is 1.75. The van der Waals surface area contributed by atoms with Crippen molar-refractivity contribution < 1.29 is 10.4 Å². The number of hydroxylamine groups is 4. The van der Waals surface area contributed by atoms with Gasteiger partial charge in [-0.3, -0.25) is 0 Å². The van der Waals surface area contributed by atoms with E-state index in [2.05, 4.69) is 25.6 Å². The van der Waals surface area contributed by atoms with E-state index in [1.165, 1.54) is 10.1 Å². The van der Waals surface area contributed by atoms with E-state index in [0.717, 1.165) is 25.7 Å². The number of piperidine rings is 2. The minimum Gasteiger partial charge on any atom is -0.368 e. The topological polar surface area (TPSA) is 136 Å². The van der Waals surface area contributed by atoms with Crippen molar-refractivity contribution in [3.05, 3.63) is 0 Å². The van der Waals surface area contributed by atoms with Gasteiger partial charge < -0.3 is 26.8 Å². The van der Waals surface area contributed by atoms with Gasteiger partial charge in [-0.1, -0.05) is 0 Å². The van der Waals surface area contributed by atoms with Gasteiger partial charge in [0.1, 0.15) is 0 Å². The first-order chi connectivity index (χ1) is 14.0. The van der Waals surface area contributed by atoms with Gasteiger partial charge in [0.15, 0.2) is 0 Å². The number of nitrogens with zero attached hydrogens (tertiary/aromatic N) is 5. The van der Waals surface area contributed by atoms with E-state index in [1.807, 2.05) is 55.4 Å². The van der Waals surface area contributed by atoms with Crippen molar-refractivity contribution in [3.63, 3.8) is 0 Å². The van der Waals surface area contributed by atoms with Crippen molar-refractivity contribution in [1.82, 2.24) is 25.1 Å². The molecule has 2 aliphatic heterocycles. The first-order valence-corrected chi connectivity index (χ1v) is 11.0. The molecule has 2 fully saturated rings. The Kier molecular flexibility index (Phi) is 5.92. The second-order valence-corrected chi connectivity index (χ2v) is 11.7. The molecular weight excluding hydrogens is 396 g/mol. The molecule has 6 N–H and O–H groups in total. The zero-order valence-electron chi connectivity index (χ0n) is 20.2. The van der Waals surface area contributed by atoms with Gasteiger partial charge in [-0.25, -0.2) is 0 Å². The van der Waals surface area contributed by atoms with Crippen LogP contribution >= 0.6 is 0 Å². The lowest BCUT2D eigenvalue weighted by Crippen LogP contribution is -2.61. The molecule has 0 unspecified atom stereocenters. The van der Waals surface area contributed by atoms with Crippen molar-refractivity contribution in [3.8, 4) is 0 Å². The van der Waals surface area contributed by atoms with Crippen LogP contribution in [0.1, 0.15) is 81.1 Å². The maximum Gasteiger partial charge on any atom is 0.229 e. The van der Waals surface area contributed by atoms with Crippen LogP contribution < -0.4 is 16.4 Å². The fraction of sp³-hybridized carbons (Fsp3) is 0.857. The summed E-state index contributed by atoms with van der Waals surface area (Å²) >= 11 is 0. The van der Waals surface area contributed by atoms with Crippen molar-refractivity contribution >= 4 is 17.8 Å². The van der Waals surface area contributed by atoms with Gasteiger partial charge in [0, 0.05) is 34.2 Å². The fourth-order valence-corrected chi connectivity index (χ4v) is 5.63. The lowest BCUT2D eigenvalue weighted by Gasteiger charge is -2.51. The molecule has 10 heteroatoms. The normalized spacial score (nSPS) is 26.5. The van der Waals surface area contributed by atoms with E-state index in [9.17, 15) is 10.4 Å². The Morgan fingerprint density at radius 3 is 1.26 bits per heavy atom. The highest BCUT2D eigenvalue weighted by Crippen LogP contribution is 2.39. The molecule has 0 atom stereocenters. The molecule has 10 nitrogen and oxygen atoms in total. The number of anilines is 3. The van der Waals surface area contributed by atoms with Gasteiger partial charge in [-0.05, 0) is 81.1 Å². The molecule has 176 valence electrons. The molecular formula is C21H40N8O2. The SMILES string of the molecule is CC1(C)CC(Nc2nc(N)nc(NC3CC(C)(C)N(O)C(C)(C)C3)n2)CC(C)(C)N1O. The van der Waals surface area contributed by atoms with Crippen LogP contribution in [0.5, 0.6) is 0 Å². The van der Waals surface area contributed by atoms with E-state index < -0.39 is 0 Å². The van der Waals surface area contributed by atoms with Crippen molar-refractivity contribution in [2.75, 3.05) is 16.4 Å². The van der Waals surface area contributed by atoms with Crippen molar-refractivity contribution in [2.24, 2.45) is 0 Å². The molecule has 0 radical (unpaired) electrons. The van der Waals surface area contributed by atoms with Gasteiger partial charge in [-0.2, -0.15) is 25.1 Å². The van der Waals surface area contributed by atoms with E-state index >= 15 is 0 Å². The van der Waals surface area contributed by atoms with Gasteiger partial charge in [0.05, 0.1) is 0 Å². The van der Waals surface area contributed by atoms with Crippen LogP contribution in [0.25, 0.3) is 0 Å². The predicted octanol–water partition coefficient (Wildman–Crippen LogP) is 3.10. The van der Waals surface area contributed by atoms with Crippen LogP contribution in [0.3, 0.4) is 0 Å². The van der Waals surface area contributed by atoms with Crippen molar-refractivity contribution in [2.45, 2.75) is 115 Å². The number of nitrogens with two attached hydrogens (primary N) is 1. The molecule has 0 aliphatic carbocycles. The maximum absolute atomic E-state index is 10.5. The zero-order valence-corrected chi connectivity index (χ0v) is 20.2. The predicted molar refractivity (Wildman–Crippen MR) is 121 cm³/mol. The molecule has 0 saturated carbocycles. The number of nitrogen functional groups attached to an aromatic ring is 1. The molecule has 3 rings (SSSR count). The Bertz CT molecular complexity index is 712. The van der Waals surface area contributed by atoms with E-state index in [0.29, 0.717) is 11.9 Å². The van der Waals surface area contributed by atoms with Crippen LogP contribution in [0.4, 0.5) is 17.8 Å². The minimum atomic E-state index is -0.380. The van der Waals surface area contributed by atoms with Gasteiger partial charge in [0.2, 0.25) is 17.8 Å². The summed E-state index contributed by atoms with van der Waals surface area (Å²) in [5.41, 5.74) is 4.47. The molecule has 0 bridgehead atoms. The molecule has 2 saturated heterocycles. The summed E-state index contributed by atoms with van der Waals surface area (Å²) in [6.07, 6.45) is 2.94. The quantitative estimate of drug-likeness (QED) is 0.479. The lowest BCUT2D eigenvalue weighted by atomic mass is 9.79. The summed E-state index contributed by atoms with van der Waals surface area (Å²) in [6, 6.07) is 0.164. The molecule has 3 heterocycles. The second kappa shape index (κ2) is 7.68. The number of hydrogen-bond acceptors (Lipinski definition) is 10. The van der Waals surface area contributed by atoms with Gasteiger partial charge in [0.25, 0.3) is 0 Å². The standard InChI is InChI=1S/C21H40N8O2/c1-18(2)9-13(10-19(3,4)28(18)30)23-16-25-15(22)26-17(27-16)24-14-11-20(5,6)29(31)21(7,8)12-14/h13-14,30-31H,9-12H2,1-8H3,(H4,22,23,24,25,26,27). The molecule has 2 aliphatic rings. The summed E-state index contributed by atoms with van der Waals surface area (Å²) < 4.78 is 0. The largest absolute Gasteiger partial charge is 0.368 e. The average molecular weight is 437 g/mol. The van der Waals surface area contributed by atoms with Crippen LogP contribution in [0.15, 0.2) is 0 Å². The number of rotatable bonds is 4. The monoisotopic (exact) mass is 436 g/mol. The van der Waals surface area contributed by atoms with Crippen molar-refractivity contribution in [1.29, 1.82) is 0 Å². The third-order valence-electron chi connectivity index (χ3n) is 6.60. The molecule has 0 amide bonds. The lowest BCUT2D eigenvalue weighted by molar-refractivity contribution is -0.243. The molecule has 0 spiro atoms. The second-order valence-electron chi connectivity index (χ2n) is 11.7. The number of aromatic nitrogens is 3. The van der Waals surface area contributed by atoms with Crippen LogP contribution in [-0.2, 0) is 0 Å². The van der Waals surface area contributed by atoms with Crippen LogP contribution in [0.2, 0.25) is 0 Å². The summed E-state index contributed by atoms with van der Waals surface area (Å²) in [4.78, 5) is 13.1. The van der Waals surface area contributed by atoms with E-state index in [1.54, 1.807) is 0 Å². The van der Waals surface area contributed by atoms with E-state index in [-0.39, 0.29) is 40.2 Å². The average Bonchev–Trinajstić information content (AvgIpc) is 2.56. The molecule has 1 aromatic rings. The molecule has 0 aromatic carbocycles. The van der Waals surface area contributed by atoms with Crippen LogP contribution in [-0.4, -0.2) is 69.7 Å². The first-order valence-electron chi connectivity index (χ1n) is 11.0. The summed E-state index contributed by atoms with van der Waals surface area (Å²) in [5, 5.41) is 30.8. The summed E-state index contributed by atoms with van der Waals surface area (Å²) in [6.45, 7) is 16.2. The maximum atomic E-state index is 10.5. The number of nitrogens with one attached hydrogen (secondary N) is 2. The Morgan fingerprint density at radius 1 is 0.677 bits per heavy atom. The molecule has 31 heavy (non-hydrogen) atoms. The Morgan fingerprint density at radius 2 is 0.968 bits per heavy atom. The summed E-state index contributed by atoms with van der Waals surface area (Å²) in [5.74, 6) is 1.00. The highest BCUT2D eigenvalue weighted by atomic mass is 16.5. The van der Waals surface area contributed by atoms with E-state index in [4.69, 9.17) is 5.73 Å². The Hall–Kier alpha value is -1.75. The Labute approximate surface area is 185 Å². The first kappa shape index (κ1) is 23.9.